The van der Waals surface area contributed by atoms with Crippen molar-refractivity contribution in [3.8, 4) is 11.1 Å². The fourth-order valence-corrected chi connectivity index (χ4v) is 4.35. The van der Waals surface area contributed by atoms with Gasteiger partial charge in [0.25, 0.3) is 0 Å². The molecular formula is C21H20Cl3N3O. The maximum atomic E-state index is 11.7. The summed E-state index contributed by atoms with van der Waals surface area (Å²) in [5, 5.41) is 17.1. The topological polar surface area (TPSA) is 50.9 Å². The maximum absolute atomic E-state index is 11.7. The van der Waals surface area contributed by atoms with Crippen LogP contribution in [0.25, 0.3) is 11.1 Å². The summed E-state index contributed by atoms with van der Waals surface area (Å²) in [6, 6.07) is 13.1. The lowest BCUT2D eigenvalue weighted by Gasteiger charge is -2.38. The van der Waals surface area contributed by atoms with E-state index in [0.717, 1.165) is 29.5 Å². The van der Waals surface area contributed by atoms with Gasteiger partial charge in [0.1, 0.15) is 18.3 Å². The Bertz CT molecular complexity index is 971. The first-order chi connectivity index (χ1) is 13.3. The van der Waals surface area contributed by atoms with E-state index in [1.165, 1.54) is 6.33 Å². The Morgan fingerprint density at radius 1 is 1.14 bits per heavy atom. The summed E-state index contributed by atoms with van der Waals surface area (Å²) in [6.07, 6.45) is 4.90. The second-order valence-electron chi connectivity index (χ2n) is 7.43. The number of alkyl halides is 1. The first-order valence-corrected chi connectivity index (χ1v) is 10.3. The van der Waals surface area contributed by atoms with E-state index in [1.54, 1.807) is 11.0 Å². The van der Waals surface area contributed by atoms with Crippen LogP contribution in [0.1, 0.15) is 31.4 Å². The lowest BCUT2D eigenvalue weighted by molar-refractivity contribution is -0.0212. The number of hydrogen-bond donors (Lipinski definition) is 1. The first-order valence-electron chi connectivity index (χ1n) is 9.12. The minimum absolute atomic E-state index is 0.331. The second-order valence-corrected chi connectivity index (χ2v) is 9.00. The lowest BCUT2D eigenvalue weighted by Crippen LogP contribution is -2.50. The highest BCUT2D eigenvalue weighted by atomic mass is 35.5. The van der Waals surface area contributed by atoms with Crippen LogP contribution in [0.2, 0.25) is 10.0 Å². The van der Waals surface area contributed by atoms with Gasteiger partial charge in [-0.25, -0.2) is 9.67 Å². The molecule has 1 N–H and O–H groups in total. The molecule has 0 bridgehead atoms. The minimum Gasteiger partial charge on any atom is -0.385 e. The predicted molar refractivity (Wildman–Crippen MR) is 113 cm³/mol. The molecule has 0 aliphatic heterocycles. The van der Waals surface area contributed by atoms with E-state index in [-0.39, 0.29) is 6.04 Å². The zero-order valence-electron chi connectivity index (χ0n) is 15.3. The summed E-state index contributed by atoms with van der Waals surface area (Å²) in [4.78, 5) is 3.31. The molecule has 3 aromatic rings. The smallest absolute Gasteiger partial charge is 0.137 e. The fourth-order valence-electron chi connectivity index (χ4n) is 3.66. The van der Waals surface area contributed by atoms with E-state index in [1.807, 2.05) is 49.4 Å². The molecule has 2 unspecified atom stereocenters. The quantitative estimate of drug-likeness (QED) is 0.515. The highest BCUT2D eigenvalue weighted by molar-refractivity contribution is 6.32. The van der Waals surface area contributed by atoms with E-state index in [9.17, 15) is 5.11 Å². The third-order valence-electron chi connectivity index (χ3n) is 5.68. The Balaban J connectivity index is 1.65. The maximum Gasteiger partial charge on any atom is 0.137 e. The van der Waals surface area contributed by atoms with Crippen LogP contribution in [0, 0.1) is 0 Å². The van der Waals surface area contributed by atoms with Crippen LogP contribution < -0.4 is 0 Å². The molecule has 0 spiro atoms. The van der Waals surface area contributed by atoms with Crippen molar-refractivity contribution in [3.63, 3.8) is 0 Å². The second kappa shape index (κ2) is 7.34. The van der Waals surface area contributed by atoms with Crippen molar-refractivity contribution in [3.05, 3.63) is 70.7 Å². The van der Waals surface area contributed by atoms with Crippen LogP contribution in [-0.2, 0) is 6.42 Å². The first kappa shape index (κ1) is 19.7. The van der Waals surface area contributed by atoms with Crippen molar-refractivity contribution in [2.45, 2.75) is 42.7 Å². The van der Waals surface area contributed by atoms with Gasteiger partial charge < -0.3 is 5.11 Å². The van der Waals surface area contributed by atoms with Gasteiger partial charge in [0.15, 0.2) is 0 Å². The Kier molecular flexibility index (Phi) is 5.17. The van der Waals surface area contributed by atoms with Gasteiger partial charge in [0.2, 0.25) is 0 Å². The van der Waals surface area contributed by atoms with Gasteiger partial charge in [-0.2, -0.15) is 5.10 Å². The molecule has 4 rings (SSSR count). The Morgan fingerprint density at radius 3 is 2.39 bits per heavy atom. The van der Waals surface area contributed by atoms with Gasteiger partial charge in [0, 0.05) is 16.5 Å². The summed E-state index contributed by atoms with van der Waals surface area (Å²) in [6.45, 7) is 1.91. The van der Waals surface area contributed by atoms with Gasteiger partial charge >= 0.3 is 0 Å². The molecule has 0 radical (unpaired) electrons. The van der Waals surface area contributed by atoms with Gasteiger partial charge in [-0.15, -0.1) is 11.6 Å². The summed E-state index contributed by atoms with van der Waals surface area (Å²) < 4.78 is 1.65. The van der Waals surface area contributed by atoms with E-state index in [4.69, 9.17) is 34.8 Å². The Labute approximate surface area is 179 Å². The average Bonchev–Trinajstić information content (AvgIpc) is 3.22. The number of hydrogen-bond acceptors (Lipinski definition) is 3. The summed E-state index contributed by atoms with van der Waals surface area (Å²) >= 11 is 19.3. The Hall–Kier alpha value is -1.59. The molecule has 0 saturated heterocycles. The van der Waals surface area contributed by atoms with Crippen LogP contribution in [0.3, 0.4) is 0 Å². The highest BCUT2D eigenvalue weighted by Gasteiger charge is 2.60. The molecule has 1 aliphatic carbocycles. The summed E-state index contributed by atoms with van der Waals surface area (Å²) in [5.74, 6) is 0. The van der Waals surface area contributed by atoms with Crippen LogP contribution in [-0.4, -0.2) is 30.3 Å². The Morgan fingerprint density at radius 2 is 1.82 bits per heavy atom. The highest BCUT2D eigenvalue weighted by Crippen LogP contribution is 2.56. The van der Waals surface area contributed by atoms with E-state index in [0.29, 0.717) is 16.5 Å². The lowest BCUT2D eigenvalue weighted by atomic mass is 9.82. The number of nitrogens with zero attached hydrogens (tertiary/aromatic N) is 3. The number of aliphatic hydroxyl groups is 1. The van der Waals surface area contributed by atoms with Crippen molar-refractivity contribution < 1.29 is 5.11 Å². The fraction of sp³-hybridized carbons (Fsp3) is 0.333. The van der Waals surface area contributed by atoms with Gasteiger partial charge in [-0.05, 0) is 54.7 Å². The monoisotopic (exact) mass is 435 g/mol. The van der Waals surface area contributed by atoms with Gasteiger partial charge in [-0.1, -0.05) is 47.5 Å². The molecule has 28 heavy (non-hydrogen) atoms. The SMILES string of the molecule is CC(n1cncn1)C(O)(Cc1ccc(-c2ccc(Cl)cc2)cc1Cl)C1(Cl)CC1. The molecule has 0 amide bonds. The largest absolute Gasteiger partial charge is 0.385 e. The number of benzene rings is 2. The number of rotatable bonds is 6. The van der Waals surface area contributed by atoms with Crippen molar-refractivity contribution in [1.82, 2.24) is 14.8 Å². The van der Waals surface area contributed by atoms with Gasteiger partial charge in [0.05, 0.1) is 10.9 Å². The third kappa shape index (κ3) is 3.55. The normalized spacial score (nSPS) is 18.5. The number of halogens is 3. The minimum atomic E-state index is -1.20. The zero-order valence-corrected chi connectivity index (χ0v) is 17.6. The standard InChI is InChI=1S/C21H20Cl3N3O/c1-14(27-13-25-12-26-27)21(28,20(24)8-9-20)11-17-3-2-16(10-19(17)23)15-4-6-18(22)7-5-15/h2-7,10,12-14,28H,8-9,11H2,1H3. The van der Waals surface area contributed by atoms with E-state index >= 15 is 0 Å². The summed E-state index contributed by atoms with van der Waals surface area (Å²) in [7, 11) is 0. The van der Waals surface area contributed by atoms with Crippen molar-refractivity contribution >= 4 is 34.8 Å². The molecule has 1 fully saturated rings. The van der Waals surface area contributed by atoms with Crippen molar-refractivity contribution in [1.29, 1.82) is 0 Å². The third-order valence-corrected chi connectivity index (χ3v) is 6.99. The molecule has 1 heterocycles. The number of aromatic nitrogens is 3. The zero-order chi connectivity index (χ0) is 19.9. The van der Waals surface area contributed by atoms with Crippen LogP contribution in [0.4, 0.5) is 0 Å². The molecule has 7 heteroatoms. The van der Waals surface area contributed by atoms with Crippen molar-refractivity contribution in [2.75, 3.05) is 0 Å². The molecule has 2 aromatic carbocycles. The van der Waals surface area contributed by atoms with Crippen molar-refractivity contribution in [2.24, 2.45) is 0 Å². The molecule has 1 aromatic heterocycles. The van der Waals surface area contributed by atoms with E-state index < -0.39 is 10.5 Å². The summed E-state index contributed by atoms with van der Waals surface area (Å²) in [5.41, 5.74) is 1.67. The average molecular weight is 437 g/mol. The molecule has 146 valence electrons. The van der Waals surface area contributed by atoms with Gasteiger partial charge in [-0.3, -0.25) is 0 Å². The van der Waals surface area contributed by atoms with Crippen LogP contribution >= 0.6 is 34.8 Å². The molecule has 4 nitrogen and oxygen atoms in total. The van der Waals surface area contributed by atoms with Crippen LogP contribution in [0.5, 0.6) is 0 Å². The molecule has 1 aliphatic rings. The molecular weight excluding hydrogens is 417 g/mol. The molecule has 1 saturated carbocycles. The van der Waals surface area contributed by atoms with Crippen LogP contribution in [0.15, 0.2) is 55.1 Å². The van der Waals surface area contributed by atoms with E-state index in [2.05, 4.69) is 10.1 Å². The predicted octanol–water partition coefficient (Wildman–Crippen LogP) is 5.56. The molecule has 2 atom stereocenters.